The van der Waals surface area contributed by atoms with Gasteiger partial charge in [0.15, 0.2) is 0 Å². The number of hydrogen-bond acceptors (Lipinski definition) is 8. The molecule has 6 rings (SSSR count). The number of carbonyl (C=O) groups is 4. The molecule has 2 bridgehead atoms. The van der Waals surface area contributed by atoms with Gasteiger partial charge in [-0.05, 0) is 42.5 Å². The van der Waals surface area contributed by atoms with E-state index in [1.807, 2.05) is 36.4 Å². The fraction of sp³-hybridized carbons (Fsp3) is 0.395. The molecule has 56 heavy (non-hydrogen) atoms. The van der Waals surface area contributed by atoms with E-state index in [0.717, 1.165) is 5.56 Å². The van der Waals surface area contributed by atoms with Crippen LogP contribution >= 0.6 is 27.5 Å². The molecule has 3 aliphatic rings. The van der Waals surface area contributed by atoms with E-state index in [1.165, 1.54) is 16.9 Å². The Kier molecular flexibility index (Phi) is 13.5. The number of nitrogens with one attached hydrogen (secondary N) is 1. The van der Waals surface area contributed by atoms with Gasteiger partial charge in [0.2, 0.25) is 11.8 Å². The summed E-state index contributed by atoms with van der Waals surface area (Å²) in [5.74, 6) is -4.26. The van der Waals surface area contributed by atoms with Crippen molar-refractivity contribution in [2.45, 2.75) is 66.4 Å². The van der Waals surface area contributed by atoms with E-state index in [-0.39, 0.29) is 38.3 Å². The summed E-state index contributed by atoms with van der Waals surface area (Å²) >= 11 is 10.4. The van der Waals surface area contributed by atoms with Gasteiger partial charge < -0.3 is 34.4 Å². The predicted octanol–water partition coefficient (Wildman–Crippen LogP) is 5.59. The number of aliphatic hydroxyl groups is 1. The fourth-order valence-electron chi connectivity index (χ4n) is 8.53. The molecule has 13 heteroatoms. The number of halogens is 2. The molecule has 11 nitrogen and oxygen atoms in total. The van der Waals surface area contributed by atoms with Gasteiger partial charge in [-0.1, -0.05) is 112 Å². The van der Waals surface area contributed by atoms with Crippen molar-refractivity contribution in [3.63, 3.8) is 0 Å². The first-order valence-electron chi connectivity index (χ1n) is 18.7. The number of anilines is 1. The number of hydrogen-bond donors (Lipinski definition) is 2. The molecule has 1 spiro atoms. The molecule has 3 aliphatic heterocycles. The summed E-state index contributed by atoms with van der Waals surface area (Å²) in [4.78, 5) is 60.6. The van der Waals surface area contributed by atoms with Crippen LogP contribution in [0.1, 0.15) is 36.5 Å². The number of para-hydroxylation sites is 1. The van der Waals surface area contributed by atoms with Crippen molar-refractivity contribution in [2.75, 3.05) is 31.8 Å². The number of benzene rings is 3. The molecule has 9 atom stereocenters. The standard InChI is InChI=1S/C43H47BrClN3O8/c1-4-6-21-34(50)46-32(26-54-3)37(28-17-11-8-12-18-28)55-42(53)35-36-40(51)48(29(25-49)23-27-15-9-7-10-16-27)39(43(36)24-30(44)38(35)56-43)41(52)47(22-5-2)33-20-14-13-19-31(33)45/h4-5,7-20,29-30,32,35-39,49H,1-2,6,21-26H2,3H3,(H,46,50)/t29-,30?,32+,35+,36-,37+,38+,39+,43-/m1/s1. The number of methoxy groups -OCH3 is 1. The van der Waals surface area contributed by atoms with Crippen LogP contribution < -0.4 is 10.2 Å². The van der Waals surface area contributed by atoms with Crippen LogP contribution in [0.15, 0.2) is 110 Å². The lowest BCUT2D eigenvalue weighted by Crippen LogP contribution is -2.59. The monoisotopic (exact) mass is 847 g/mol. The van der Waals surface area contributed by atoms with Gasteiger partial charge in [0.25, 0.3) is 5.91 Å². The molecular weight excluding hydrogens is 802 g/mol. The topological polar surface area (TPSA) is 135 Å². The number of allylic oxidation sites excluding steroid dienone is 1. The minimum atomic E-state index is -1.48. The lowest BCUT2D eigenvalue weighted by Gasteiger charge is -2.39. The Labute approximate surface area is 340 Å². The van der Waals surface area contributed by atoms with Gasteiger partial charge >= 0.3 is 5.97 Å². The quantitative estimate of drug-likeness (QED) is 0.0962. The van der Waals surface area contributed by atoms with E-state index in [9.17, 15) is 14.7 Å². The zero-order valence-corrected chi connectivity index (χ0v) is 33.5. The van der Waals surface area contributed by atoms with Crippen LogP contribution in [0.25, 0.3) is 0 Å². The molecule has 296 valence electrons. The van der Waals surface area contributed by atoms with Crippen molar-refractivity contribution in [1.82, 2.24) is 10.2 Å². The molecule has 0 radical (unpaired) electrons. The lowest BCUT2D eigenvalue weighted by atomic mass is 9.70. The first kappa shape index (κ1) is 41.3. The lowest BCUT2D eigenvalue weighted by molar-refractivity contribution is -0.163. The van der Waals surface area contributed by atoms with Crippen LogP contribution in [0.4, 0.5) is 5.69 Å². The summed E-state index contributed by atoms with van der Waals surface area (Å²) in [6, 6.07) is 22.4. The third-order valence-corrected chi connectivity index (χ3v) is 12.0. The highest BCUT2D eigenvalue weighted by atomic mass is 79.9. The second-order valence-corrected chi connectivity index (χ2v) is 15.9. The van der Waals surface area contributed by atoms with Gasteiger partial charge in [0.1, 0.15) is 17.7 Å². The SMILES string of the molecule is C=CCCC(=O)N[C@@H](COC)[C@@H](OC(=O)[C@@H]1[C@H]2O[C@@]3(CC2Br)[C@H](C(=O)N(CC=C)c2ccccc2Cl)N([C@@H](CO)Cc2ccccc2)C(=O)[C@@H]13)c1ccccc1. The Morgan fingerprint density at radius 3 is 2.39 bits per heavy atom. The predicted molar refractivity (Wildman–Crippen MR) is 216 cm³/mol. The molecule has 3 fully saturated rings. The van der Waals surface area contributed by atoms with E-state index in [0.29, 0.717) is 22.7 Å². The molecule has 3 aromatic carbocycles. The van der Waals surface area contributed by atoms with Crippen LogP contribution in [0.5, 0.6) is 0 Å². The molecule has 0 saturated carbocycles. The van der Waals surface area contributed by atoms with Crippen molar-refractivity contribution < 1.29 is 38.5 Å². The number of carbonyl (C=O) groups excluding carboxylic acids is 4. The molecule has 2 N–H and O–H groups in total. The van der Waals surface area contributed by atoms with Crippen molar-refractivity contribution in [1.29, 1.82) is 0 Å². The normalized spacial score (nSPS) is 25.2. The Balaban J connectivity index is 1.42. The number of esters is 1. The van der Waals surface area contributed by atoms with E-state index < -0.39 is 77.0 Å². The third-order valence-electron chi connectivity index (χ3n) is 10.9. The van der Waals surface area contributed by atoms with Gasteiger partial charge in [-0.25, -0.2) is 0 Å². The highest BCUT2D eigenvalue weighted by molar-refractivity contribution is 9.09. The van der Waals surface area contributed by atoms with E-state index >= 15 is 9.59 Å². The first-order chi connectivity index (χ1) is 27.1. The maximum absolute atomic E-state index is 15.2. The number of nitrogens with zero attached hydrogens (tertiary/aromatic N) is 2. The zero-order chi connectivity index (χ0) is 40.0. The number of ether oxygens (including phenoxy) is 3. The van der Waals surface area contributed by atoms with Crippen LogP contribution in [-0.2, 0) is 39.8 Å². The maximum Gasteiger partial charge on any atom is 0.313 e. The highest BCUT2D eigenvalue weighted by Crippen LogP contribution is 2.61. The number of alkyl halides is 1. The van der Waals surface area contributed by atoms with Crippen molar-refractivity contribution in [2.24, 2.45) is 11.8 Å². The average Bonchev–Trinajstić information content (AvgIpc) is 3.81. The number of amides is 3. The molecule has 3 amide bonds. The van der Waals surface area contributed by atoms with E-state index in [1.54, 1.807) is 60.7 Å². The van der Waals surface area contributed by atoms with Gasteiger partial charge in [-0.15, -0.1) is 13.2 Å². The van der Waals surface area contributed by atoms with Gasteiger partial charge in [-0.3, -0.25) is 19.2 Å². The maximum atomic E-state index is 15.2. The Morgan fingerprint density at radius 2 is 1.75 bits per heavy atom. The molecule has 0 aromatic heterocycles. The van der Waals surface area contributed by atoms with Gasteiger partial charge in [-0.2, -0.15) is 0 Å². The number of aliphatic hydroxyl groups excluding tert-OH is 1. The summed E-state index contributed by atoms with van der Waals surface area (Å²) in [7, 11) is 1.49. The largest absolute Gasteiger partial charge is 0.455 e. The molecule has 0 aliphatic carbocycles. The smallest absolute Gasteiger partial charge is 0.313 e. The molecule has 3 heterocycles. The van der Waals surface area contributed by atoms with Gasteiger partial charge in [0, 0.05) is 24.9 Å². The highest BCUT2D eigenvalue weighted by Gasteiger charge is 2.77. The minimum absolute atomic E-state index is 0.0217. The molecule has 3 aromatic rings. The fourth-order valence-corrected chi connectivity index (χ4v) is 9.71. The Bertz CT molecular complexity index is 1900. The zero-order valence-electron chi connectivity index (χ0n) is 31.2. The minimum Gasteiger partial charge on any atom is -0.455 e. The van der Waals surface area contributed by atoms with Crippen molar-refractivity contribution in [3.05, 3.63) is 126 Å². The Hall–Kier alpha value is -4.33. The number of likely N-dealkylation sites (tertiary alicyclic amines) is 1. The number of fused-ring (bicyclic) bond motifs is 1. The van der Waals surface area contributed by atoms with E-state index in [4.69, 9.17) is 25.8 Å². The molecular formula is C43H47BrClN3O8. The number of rotatable bonds is 18. The Morgan fingerprint density at radius 1 is 1.07 bits per heavy atom. The van der Waals surface area contributed by atoms with Crippen LogP contribution in [0, 0.1) is 11.8 Å². The van der Waals surface area contributed by atoms with E-state index in [2.05, 4.69) is 34.4 Å². The molecule has 3 saturated heterocycles. The summed E-state index contributed by atoms with van der Waals surface area (Å²) in [6.07, 6.45) is 2.48. The summed E-state index contributed by atoms with van der Waals surface area (Å²) in [6.45, 7) is 7.20. The van der Waals surface area contributed by atoms with Gasteiger partial charge in [0.05, 0.1) is 53.9 Å². The second-order valence-electron chi connectivity index (χ2n) is 14.3. The first-order valence-corrected chi connectivity index (χ1v) is 20.0. The average molecular weight is 849 g/mol. The van der Waals surface area contributed by atoms with Crippen LogP contribution in [0.2, 0.25) is 5.02 Å². The summed E-state index contributed by atoms with van der Waals surface area (Å²) in [5.41, 5.74) is 0.392. The summed E-state index contributed by atoms with van der Waals surface area (Å²) < 4.78 is 18.7. The third kappa shape index (κ3) is 8.08. The second kappa shape index (κ2) is 18.3. The summed E-state index contributed by atoms with van der Waals surface area (Å²) in [5, 5.41) is 14.2. The molecule has 1 unspecified atom stereocenters. The van der Waals surface area contributed by atoms with Crippen molar-refractivity contribution in [3.8, 4) is 0 Å². The van der Waals surface area contributed by atoms with Crippen LogP contribution in [-0.4, -0.2) is 95.2 Å². The van der Waals surface area contributed by atoms with Crippen LogP contribution in [0.3, 0.4) is 0 Å². The van der Waals surface area contributed by atoms with Crippen molar-refractivity contribution >= 4 is 56.9 Å².